The van der Waals surface area contributed by atoms with Crippen molar-refractivity contribution in [2.75, 3.05) is 19.6 Å². The van der Waals surface area contributed by atoms with E-state index in [1.165, 1.54) is 18.4 Å². The highest BCUT2D eigenvalue weighted by Gasteiger charge is 2.11. The Labute approximate surface area is 115 Å². The molecule has 0 amide bonds. The van der Waals surface area contributed by atoms with Crippen molar-refractivity contribution in [3.05, 3.63) is 35.4 Å². The molecule has 0 aromatic heterocycles. The lowest BCUT2D eigenvalue weighted by Gasteiger charge is -2.22. The first-order valence-electron chi connectivity index (χ1n) is 6.29. The van der Waals surface area contributed by atoms with Gasteiger partial charge in [-0.2, -0.15) is 5.26 Å². The normalized spacial score (nSPS) is 15.7. The zero-order valence-electron chi connectivity index (χ0n) is 10.5. The summed E-state index contributed by atoms with van der Waals surface area (Å²) in [6.07, 6.45) is 2.56. The number of benzene rings is 1. The molecule has 0 spiro atoms. The molecule has 3 nitrogen and oxygen atoms in total. The summed E-state index contributed by atoms with van der Waals surface area (Å²) in [7, 11) is 0. The molecule has 0 unspecified atom stereocenters. The molecule has 2 N–H and O–H groups in total. The van der Waals surface area contributed by atoms with Gasteiger partial charge in [0.2, 0.25) is 0 Å². The fourth-order valence-corrected chi connectivity index (χ4v) is 2.20. The zero-order valence-corrected chi connectivity index (χ0v) is 11.3. The molecule has 0 bridgehead atoms. The van der Waals surface area contributed by atoms with Crippen molar-refractivity contribution in [2.45, 2.75) is 19.4 Å². The number of halogens is 1. The molecule has 1 aliphatic rings. The molecule has 2 rings (SSSR count). The second kappa shape index (κ2) is 8.10. The third-order valence-electron chi connectivity index (χ3n) is 3.30. The summed E-state index contributed by atoms with van der Waals surface area (Å²) in [5.41, 5.74) is 1.98. The minimum absolute atomic E-state index is 0. The van der Waals surface area contributed by atoms with Crippen LogP contribution in [-0.2, 0) is 6.54 Å². The Morgan fingerprint density at radius 3 is 2.50 bits per heavy atom. The van der Waals surface area contributed by atoms with Gasteiger partial charge in [-0.25, -0.2) is 0 Å². The first kappa shape index (κ1) is 15.0. The van der Waals surface area contributed by atoms with E-state index in [9.17, 15) is 0 Å². The van der Waals surface area contributed by atoms with Crippen LogP contribution < -0.4 is 10.6 Å². The molecule has 1 aromatic rings. The van der Waals surface area contributed by atoms with E-state index in [2.05, 4.69) is 16.7 Å². The molecule has 0 saturated carbocycles. The lowest BCUT2D eigenvalue weighted by atomic mass is 9.98. The maximum absolute atomic E-state index is 8.70. The van der Waals surface area contributed by atoms with Gasteiger partial charge in [-0.3, -0.25) is 0 Å². The smallest absolute Gasteiger partial charge is 0.0991 e. The fourth-order valence-electron chi connectivity index (χ4n) is 2.20. The molecule has 1 aromatic carbocycles. The number of nitrogens with zero attached hydrogens (tertiary/aromatic N) is 1. The van der Waals surface area contributed by atoms with Gasteiger partial charge >= 0.3 is 0 Å². The second-order valence-electron chi connectivity index (χ2n) is 4.63. The quantitative estimate of drug-likeness (QED) is 0.876. The minimum Gasteiger partial charge on any atom is -0.317 e. The molecular formula is C14H20ClN3. The Bertz CT molecular complexity index is 377. The van der Waals surface area contributed by atoms with E-state index in [0.717, 1.165) is 37.7 Å². The maximum Gasteiger partial charge on any atom is 0.0991 e. The molecule has 18 heavy (non-hydrogen) atoms. The van der Waals surface area contributed by atoms with Crippen molar-refractivity contribution >= 4 is 12.4 Å². The van der Waals surface area contributed by atoms with Gasteiger partial charge in [0.05, 0.1) is 11.6 Å². The van der Waals surface area contributed by atoms with Crippen molar-refractivity contribution in [3.8, 4) is 6.07 Å². The summed E-state index contributed by atoms with van der Waals surface area (Å²) in [4.78, 5) is 0. The number of rotatable bonds is 4. The highest BCUT2D eigenvalue weighted by Crippen LogP contribution is 2.10. The first-order valence-corrected chi connectivity index (χ1v) is 6.29. The van der Waals surface area contributed by atoms with Crippen molar-refractivity contribution in [3.63, 3.8) is 0 Å². The third-order valence-corrected chi connectivity index (χ3v) is 3.30. The maximum atomic E-state index is 8.70. The minimum atomic E-state index is 0. The molecule has 1 fully saturated rings. The van der Waals surface area contributed by atoms with Crippen LogP contribution in [0.2, 0.25) is 0 Å². The summed E-state index contributed by atoms with van der Waals surface area (Å²) < 4.78 is 0. The Kier molecular flexibility index (Phi) is 6.74. The molecule has 0 radical (unpaired) electrons. The molecule has 98 valence electrons. The lowest BCUT2D eigenvalue weighted by molar-refractivity contribution is 0.356. The summed E-state index contributed by atoms with van der Waals surface area (Å²) in [6.45, 7) is 4.31. The number of piperidine rings is 1. The van der Waals surface area contributed by atoms with Crippen LogP contribution in [0.3, 0.4) is 0 Å². The average Bonchev–Trinajstić information content (AvgIpc) is 2.41. The predicted molar refractivity (Wildman–Crippen MR) is 75.7 cm³/mol. The Morgan fingerprint density at radius 2 is 1.89 bits per heavy atom. The van der Waals surface area contributed by atoms with E-state index >= 15 is 0 Å². The standard InChI is InChI=1S/C14H19N3.ClH/c15-9-12-1-3-13(4-2-12)10-17-11-14-5-7-16-8-6-14;/h1-4,14,16-17H,5-8,10-11H2;1H. The average molecular weight is 266 g/mol. The predicted octanol–water partition coefficient (Wildman–Crippen LogP) is 2.07. The van der Waals surface area contributed by atoms with E-state index in [0.29, 0.717) is 0 Å². The van der Waals surface area contributed by atoms with Crippen molar-refractivity contribution in [2.24, 2.45) is 5.92 Å². The van der Waals surface area contributed by atoms with Crippen LogP contribution in [0, 0.1) is 17.2 Å². The van der Waals surface area contributed by atoms with Crippen LogP contribution in [0.25, 0.3) is 0 Å². The highest BCUT2D eigenvalue weighted by molar-refractivity contribution is 5.85. The molecule has 1 heterocycles. The Morgan fingerprint density at radius 1 is 1.22 bits per heavy atom. The van der Waals surface area contributed by atoms with Crippen LogP contribution in [0.5, 0.6) is 0 Å². The van der Waals surface area contributed by atoms with Gasteiger partial charge in [-0.05, 0) is 56.1 Å². The molecule has 1 saturated heterocycles. The largest absolute Gasteiger partial charge is 0.317 e. The van der Waals surface area contributed by atoms with Gasteiger partial charge < -0.3 is 10.6 Å². The molecular weight excluding hydrogens is 246 g/mol. The van der Waals surface area contributed by atoms with Crippen LogP contribution >= 0.6 is 12.4 Å². The summed E-state index contributed by atoms with van der Waals surface area (Å²) >= 11 is 0. The van der Waals surface area contributed by atoms with Crippen LogP contribution in [0.4, 0.5) is 0 Å². The number of hydrogen-bond acceptors (Lipinski definition) is 3. The van der Waals surface area contributed by atoms with Gasteiger partial charge in [0.15, 0.2) is 0 Å². The van der Waals surface area contributed by atoms with E-state index in [1.807, 2.05) is 24.3 Å². The van der Waals surface area contributed by atoms with Crippen LogP contribution in [0.15, 0.2) is 24.3 Å². The van der Waals surface area contributed by atoms with E-state index in [4.69, 9.17) is 5.26 Å². The van der Waals surface area contributed by atoms with Gasteiger partial charge in [-0.1, -0.05) is 12.1 Å². The Balaban J connectivity index is 0.00000162. The van der Waals surface area contributed by atoms with Crippen LogP contribution in [0.1, 0.15) is 24.0 Å². The second-order valence-corrected chi connectivity index (χ2v) is 4.63. The monoisotopic (exact) mass is 265 g/mol. The summed E-state index contributed by atoms with van der Waals surface area (Å²) in [6, 6.07) is 9.93. The first-order chi connectivity index (χ1) is 8.38. The highest BCUT2D eigenvalue weighted by atomic mass is 35.5. The zero-order chi connectivity index (χ0) is 11.9. The molecule has 1 aliphatic heterocycles. The van der Waals surface area contributed by atoms with E-state index in [-0.39, 0.29) is 12.4 Å². The molecule has 4 heteroatoms. The van der Waals surface area contributed by atoms with E-state index in [1.54, 1.807) is 0 Å². The molecule has 0 aliphatic carbocycles. The van der Waals surface area contributed by atoms with Gasteiger partial charge in [0, 0.05) is 6.54 Å². The number of nitriles is 1. The van der Waals surface area contributed by atoms with E-state index < -0.39 is 0 Å². The van der Waals surface area contributed by atoms with Crippen molar-refractivity contribution in [1.82, 2.24) is 10.6 Å². The molecule has 0 atom stereocenters. The van der Waals surface area contributed by atoms with Gasteiger partial charge in [-0.15, -0.1) is 12.4 Å². The third kappa shape index (κ3) is 4.66. The Hall–Kier alpha value is -1.08. The lowest BCUT2D eigenvalue weighted by Crippen LogP contribution is -2.33. The van der Waals surface area contributed by atoms with Gasteiger partial charge in [0.1, 0.15) is 0 Å². The van der Waals surface area contributed by atoms with Crippen molar-refractivity contribution in [1.29, 1.82) is 5.26 Å². The van der Waals surface area contributed by atoms with Crippen LogP contribution in [-0.4, -0.2) is 19.6 Å². The topological polar surface area (TPSA) is 47.9 Å². The fraction of sp³-hybridized carbons (Fsp3) is 0.500. The summed E-state index contributed by atoms with van der Waals surface area (Å²) in [5.74, 6) is 0.814. The SMILES string of the molecule is Cl.N#Cc1ccc(CNCC2CCNCC2)cc1. The number of hydrogen-bond donors (Lipinski definition) is 2. The summed E-state index contributed by atoms with van der Waals surface area (Å²) in [5, 5.41) is 15.6. The van der Waals surface area contributed by atoms with Gasteiger partial charge in [0.25, 0.3) is 0 Å². The number of nitrogens with one attached hydrogen (secondary N) is 2. The van der Waals surface area contributed by atoms with Crippen molar-refractivity contribution < 1.29 is 0 Å².